The van der Waals surface area contributed by atoms with Gasteiger partial charge in [-0.15, -0.1) is 0 Å². The Morgan fingerprint density at radius 2 is 1.64 bits per heavy atom. The molecule has 0 aromatic heterocycles. The molecule has 0 aliphatic carbocycles. The van der Waals surface area contributed by atoms with E-state index in [0.717, 1.165) is 43.5 Å². The molecule has 3 amide bonds. The highest BCUT2D eigenvalue weighted by Crippen LogP contribution is 2.42. The predicted molar refractivity (Wildman–Crippen MR) is 163 cm³/mol. The van der Waals surface area contributed by atoms with E-state index < -0.39 is 11.9 Å². The van der Waals surface area contributed by atoms with Crippen LogP contribution < -0.4 is 34.3 Å². The number of nitrogens with zero attached hydrogens (tertiary/aromatic N) is 2. The fraction of sp³-hybridized carbons (Fsp3) is 0.531. The van der Waals surface area contributed by atoms with Gasteiger partial charge < -0.3 is 39.2 Å². The summed E-state index contributed by atoms with van der Waals surface area (Å²) in [6.45, 7) is 4.92. The van der Waals surface area contributed by atoms with Gasteiger partial charge in [0.15, 0.2) is 29.6 Å². The molecule has 2 heterocycles. The van der Waals surface area contributed by atoms with Gasteiger partial charge in [0.2, 0.25) is 24.4 Å². The highest BCUT2D eigenvalue weighted by molar-refractivity contribution is 5.87. The SMILES string of the molecule is COc1ccc2cc1OCC(=O)N[C@@H](C)C(=O)N(C)CCCCN(Cc1cc(OC)c3c(c1)OCO3)CCCNC(=O)CC2. The highest BCUT2D eigenvalue weighted by atomic mass is 16.7. The summed E-state index contributed by atoms with van der Waals surface area (Å²) in [5.74, 6) is 2.20. The number of methoxy groups -OCH3 is 2. The van der Waals surface area contributed by atoms with Gasteiger partial charge in [-0.05, 0) is 74.5 Å². The molecule has 4 rings (SSSR count). The zero-order valence-corrected chi connectivity index (χ0v) is 26.1. The van der Waals surface area contributed by atoms with Gasteiger partial charge in [-0.3, -0.25) is 19.3 Å². The van der Waals surface area contributed by atoms with Gasteiger partial charge in [0.1, 0.15) is 6.04 Å². The van der Waals surface area contributed by atoms with Gasteiger partial charge in [0.25, 0.3) is 5.91 Å². The average Bonchev–Trinajstić information content (AvgIpc) is 3.50. The number of likely N-dealkylation sites (N-methyl/N-ethyl adjacent to an activating group) is 1. The largest absolute Gasteiger partial charge is 0.493 e. The molecule has 240 valence electrons. The molecule has 1 atom stereocenters. The number of hydrogen-bond acceptors (Lipinski definition) is 9. The van der Waals surface area contributed by atoms with Crippen LogP contribution in [0.3, 0.4) is 0 Å². The van der Waals surface area contributed by atoms with Crippen molar-refractivity contribution >= 4 is 17.7 Å². The Hall–Kier alpha value is -4.19. The minimum atomic E-state index is -0.696. The second-order valence-corrected chi connectivity index (χ2v) is 11.0. The summed E-state index contributed by atoms with van der Waals surface area (Å²) in [5, 5.41) is 5.76. The van der Waals surface area contributed by atoms with Crippen LogP contribution in [-0.2, 0) is 27.3 Å². The minimum absolute atomic E-state index is 0.0291. The molecule has 0 saturated heterocycles. The molecule has 0 radical (unpaired) electrons. The van der Waals surface area contributed by atoms with Crippen molar-refractivity contribution in [1.82, 2.24) is 20.4 Å². The van der Waals surface area contributed by atoms with E-state index in [4.69, 9.17) is 23.7 Å². The third-order valence-corrected chi connectivity index (χ3v) is 7.67. The van der Waals surface area contributed by atoms with Crippen molar-refractivity contribution in [3.05, 3.63) is 41.5 Å². The van der Waals surface area contributed by atoms with Crippen LogP contribution in [0.5, 0.6) is 28.7 Å². The van der Waals surface area contributed by atoms with Gasteiger partial charge >= 0.3 is 0 Å². The third-order valence-electron chi connectivity index (χ3n) is 7.67. The molecule has 2 aromatic carbocycles. The average molecular weight is 613 g/mol. The number of aryl methyl sites for hydroxylation is 1. The Morgan fingerprint density at radius 1 is 0.864 bits per heavy atom. The lowest BCUT2D eigenvalue weighted by atomic mass is 10.1. The molecule has 2 N–H and O–H groups in total. The molecule has 0 saturated carbocycles. The van der Waals surface area contributed by atoms with Crippen molar-refractivity contribution in [3.63, 3.8) is 0 Å². The Labute approximate surface area is 258 Å². The second-order valence-electron chi connectivity index (χ2n) is 11.0. The van der Waals surface area contributed by atoms with Gasteiger partial charge in [0, 0.05) is 39.6 Å². The van der Waals surface area contributed by atoms with Crippen LogP contribution in [0, 0.1) is 0 Å². The zero-order chi connectivity index (χ0) is 31.5. The molecular formula is C32H44N4O8. The number of fused-ring (bicyclic) bond motifs is 3. The van der Waals surface area contributed by atoms with Crippen LogP contribution >= 0.6 is 0 Å². The van der Waals surface area contributed by atoms with Crippen molar-refractivity contribution in [3.8, 4) is 28.7 Å². The Balaban J connectivity index is 1.44. The number of rotatable bonds is 4. The Kier molecular flexibility index (Phi) is 11.9. The number of amides is 3. The summed E-state index contributed by atoms with van der Waals surface area (Å²) in [6, 6.07) is 8.65. The number of ether oxygens (including phenoxy) is 5. The lowest BCUT2D eigenvalue weighted by molar-refractivity contribution is -0.135. The lowest BCUT2D eigenvalue weighted by Crippen LogP contribution is -2.47. The number of carbonyl (C=O) groups excluding carboxylic acids is 3. The van der Waals surface area contributed by atoms with Crippen LogP contribution in [0.4, 0.5) is 0 Å². The summed E-state index contributed by atoms with van der Waals surface area (Å²) in [6.07, 6.45) is 3.26. The van der Waals surface area contributed by atoms with Crippen molar-refractivity contribution in [2.45, 2.75) is 51.6 Å². The van der Waals surface area contributed by atoms with E-state index in [1.165, 1.54) is 7.11 Å². The molecule has 12 heteroatoms. The number of carbonyl (C=O) groups is 3. The summed E-state index contributed by atoms with van der Waals surface area (Å²) in [5.41, 5.74) is 1.92. The third kappa shape index (κ3) is 9.15. The number of benzene rings is 2. The normalized spacial score (nSPS) is 19.6. The van der Waals surface area contributed by atoms with E-state index in [-0.39, 0.29) is 25.2 Å². The molecule has 2 bridgehead atoms. The van der Waals surface area contributed by atoms with Crippen LogP contribution in [-0.4, -0.2) is 94.4 Å². The second kappa shape index (κ2) is 16.0. The molecular weight excluding hydrogens is 568 g/mol. The fourth-order valence-corrected chi connectivity index (χ4v) is 5.28. The van der Waals surface area contributed by atoms with E-state index in [9.17, 15) is 14.4 Å². The summed E-state index contributed by atoms with van der Waals surface area (Å²) in [4.78, 5) is 42.1. The van der Waals surface area contributed by atoms with E-state index in [1.807, 2.05) is 18.2 Å². The monoisotopic (exact) mass is 612 g/mol. The van der Waals surface area contributed by atoms with Gasteiger partial charge in [-0.1, -0.05) is 6.07 Å². The van der Waals surface area contributed by atoms with E-state index in [1.54, 1.807) is 38.1 Å². The van der Waals surface area contributed by atoms with E-state index >= 15 is 0 Å². The first-order chi connectivity index (χ1) is 21.3. The van der Waals surface area contributed by atoms with Gasteiger partial charge in [0.05, 0.1) is 14.2 Å². The predicted octanol–water partition coefficient (Wildman–Crippen LogP) is 2.51. The van der Waals surface area contributed by atoms with Gasteiger partial charge in [-0.2, -0.15) is 0 Å². The van der Waals surface area contributed by atoms with Crippen LogP contribution in [0.25, 0.3) is 0 Å². The molecule has 2 aliphatic rings. The summed E-state index contributed by atoms with van der Waals surface area (Å²) in [7, 11) is 4.88. The van der Waals surface area contributed by atoms with Crippen LogP contribution in [0.1, 0.15) is 43.7 Å². The van der Waals surface area contributed by atoms with Crippen LogP contribution in [0.2, 0.25) is 0 Å². The topological polar surface area (TPSA) is 128 Å². The quantitative estimate of drug-likeness (QED) is 0.536. The Bertz CT molecular complexity index is 1300. The van der Waals surface area contributed by atoms with E-state index in [2.05, 4.69) is 15.5 Å². The molecule has 2 aromatic rings. The first-order valence-corrected chi connectivity index (χ1v) is 15.1. The van der Waals surface area contributed by atoms with Gasteiger partial charge in [-0.25, -0.2) is 0 Å². The number of hydrogen-bond donors (Lipinski definition) is 2. The lowest BCUT2D eigenvalue weighted by Gasteiger charge is -2.25. The molecule has 2 aliphatic heterocycles. The standard InChI is InChI=1S/C32H44N4O8/c1-22-32(39)35(2)13-5-6-14-36(19-24-17-27(41-4)31-28(18-24)43-21-44-31)15-7-12-33-29(37)11-9-23-8-10-25(40-3)26(16-23)42-20-30(38)34-22/h8,10,16-18,22H,5-7,9,11-15,19-21H2,1-4H3,(H,33,37)(H,34,38)/t22-/m0/s1. The van der Waals surface area contributed by atoms with Crippen molar-refractivity contribution in [2.24, 2.45) is 0 Å². The first kappa shape index (κ1) is 32.7. The minimum Gasteiger partial charge on any atom is -0.493 e. The Morgan fingerprint density at radius 3 is 2.43 bits per heavy atom. The highest BCUT2D eigenvalue weighted by Gasteiger charge is 2.22. The number of nitrogens with one attached hydrogen (secondary N) is 2. The van der Waals surface area contributed by atoms with Crippen LogP contribution in [0.15, 0.2) is 30.3 Å². The molecule has 12 nitrogen and oxygen atoms in total. The maximum Gasteiger partial charge on any atom is 0.258 e. The molecule has 44 heavy (non-hydrogen) atoms. The van der Waals surface area contributed by atoms with Crippen molar-refractivity contribution in [1.29, 1.82) is 0 Å². The van der Waals surface area contributed by atoms with E-state index in [0.29, 0.717) is 61.2 Å². The first-order valence-electron chi connectivity index (χ1n) is 15.1. The summed E-state index contributed by atoms with van der Waals surface area (Å²) >= 11 is 0. The molecule has 0 unspecified atom stereocenters. The summed E-state index contributed by atoms with van der Waals surface area (Å²) < 4.78 is 27.8. The maximum absolute atomic E-state index is 12.9. The maximum atomic E-state index is 12.9. The zero-order valence-electron chi connectivity index (χ0n) is 26.1. The fourth-order valence-electron chi connectivity index (χ4n) is 5.28. The van der Waals surface area contributed by atoms with Crippen molar-refractivity contribution < 1.29 is 38.1 Å². The van der Waals surface area contributed by atoms with Crippen molar-refractivity contribution in [2.75, 3.05) is 60.8 Å². The molecule has 0 fully saturated rings. The smallest absolute Gasteiger partial charge is 0.258 e. The molecule has 0 spiro atoms.